The summed E-state index contributed by atoms with van der Waals surface area (Å²) < 4.78 is 106. The maximum atomic E-state index is 14.2. The zero-order valence-corrected chi connectivity index (χ0v) is 16.7. The Morgan fingerprint density at radius 3 is 2.35 bits per heavy atom. The fourth-order valence-electron chi connectivity index (χ4n) is 2.67. The summed E-state index contributed by atoms with van der Waals surface area (Å²) in [5, 5.41) is 3.84. The summed E-state index contributed by atoms with van der Waals surface area (Å²) in [4.78, 5) is 11.0. The minimum Gasteiger partial charge on any atom is -0.327 e. The minimum absolute atomic E-state index is 0.190. The van der Waals surface area contributed by atoms with E-state index in [1.54, 1.807) is 0 Å². The Hall–Kier alpha value is -2.97. The molecular weight excluding hydrogens is 454 g/mol. The Kier molecular flexibility index (Phi) is 5.58. The van der Waals surface area contributed by atoms with Crippen molar-refractivity contribution in [2.45, 2.75) is 30.1 Å². The molecule has 0 bridgehead atoms. The van der Waals surface area contributed by atoms with Crippen molar-refractivity contribution in [2.24, 2.45) is 7.05 Å². The van der Waals surface area contributed by atoms with Crippen LogP contribution >= 0.6 is 0 Å². The molecule has 0 N–H and O–H groups in total. The van der Waals surface area contributed by atoms with Gasteiger partial charge in [-0.15, -0.1) is 0 Å². The normalized spacial score (nSPS) is 14.1. The van der Waals surface area contributed by atoms with Crippen molar-refractivity contribution in [3.63, 3.8) is 0 Å². The number of rotatable bonds is 6. The quantitative estimate of drug-likeness (QED) is 0.516. The lowest BCUT2D eigenvalue weighted by Crippen LogP contribution is -2.41. The van der Waals surface area contributed by atoms with Crippen LogP contribution in [0.25, 0.3) is 17.2 Å². The largest absolute Gasteiger partial charge is 0.456 e. The summed E-state index contributed by atoms with van der Waals surface area (Å²) in [7, 11) is -2.99. The molecule has 31 heavy (non-hydrogen) atoms. The van der Waals surface area contributed by atoms with Crippen LogP contribution in [0.4, 0.5) is 26.3 Å². The monoisotopic (exact) mass is 468 g/mol. The van der Waals surface area contributed by atoms with E-state index in [2.05, 4.69) is 20.1 Å². The van der Waals surface area contributed by atoms with E-state index in [9.17, 15) is 34.8 Å². The molecule has 0 radical (unpaired) electrons. The van der Waals surface area contributed by atoms with E-state index in [0.29, 0.717) is 10.8 Å². The van der Waals surface area contributed by atoms with Gasteiger partial charge in [-0.05, 0) is 6.07 Å². The van der Waals surface area contributed by atoms with E-state index in [0.717, 1.165) is 7.05 Å². The molecule has 3 aromatic heterocycles. The van der Waals surface area contributed by atoms with Gasteiger partial charge in [-0.25, -0.2) is 32.4 Å². The Labute approximate surface area is 171 Å². The molecule has 0 unspecified atom stereocenters. The lowest BCUT2D eigenvalue weighted by Gasteiger charge is -2.23. The number of hydrogen-bond donors (Lipinski definition) is 0. The molecule has 1 atom stereocenters. The molecule has 0 aliphatic carbocycles. The molecule has 8 nitrogen and oxygen atoms in total. The molecule has 0 amide bonds. The Morgan fingerprint density at radius 2 is 1.81 bits per heavy atom. The van der Waals surface area contributed by atoms with Crippen molar-refractivity contribution in [3.05, 3.63) is 36.8 Å². The fourth-order valence-corrected chi connectivity index (χ4v) is 3.72. The van der Waals surface area contributed by atoms with Crippen LogP contribution in [0.5, 0.6) is 0 Å². The average molecular weight is 468 g/mol. The molecule has 168 valence electrons. The summed E-state index contributed by atoms with van der Waals surface area (Å²) in [5.41, 5.74) is -1.25. The lowest BCUT2D eigenvalue weighted by atomic mass is 10.1. The fraction of sp³-hybridized carbons (Fsp3) is 0.375. The van der Waals surface area contributed by atoms with Gasteiger partial charge in [0.15, 0.2) is 15.7 Å². The van der Waals surface area contributed by atoms with Gasteiger partial charge in [0.05, 0.1) is 34.4 Å². The minimum atomic E-state index is -6.13. The predicted octanol–water partition coefficient (Wildman–Crippen LogP) is 3.06. The van der Waals surface area contributed by atoms with Crippen molar-refractivity contribution >= 4 is 9.84 Å². The summed E-state index contributed by atoms with van der Waals surface area (Å²) in [6.07, 6.45) is -5.79. The molecule has 0 saturated carbocycles. The Morgan fingerprint density at radius 1 is 1.13 bits per heavy atom. The van der Waals surface area contributed by atoms with Gasteiger partial charge in [0.1, 0.15) is 18.3 Å². The molecule has 3 rings (SSSR count). The van der Waals surface area contributed by atoms with E-state index < -0.39 is 39.6 Å². The highest BCUT2D eigenvalue weighted by Gasteiger charge is 2.64. The first-order chi connectivity index (χ1) is 14.3. The predicted molar refractivity (Wildman–Crippen MR) is 93.9 cm³/mol. The van der Waals surface area contributed by atoms with Crippen LogP contribution in [0.3, 0.4) is 0 Å². The van der Waals surface area contributed by atoms with Crippen LogP contribution in [0, 0.1) is 0 Å². The molecule has 3 aromatic rings. The van der Waals surface area contributed by atoms with Crippen LogP contribution in [-0.4, -0.2) is 55.6 Å². The van der Waals surface area contributed by atoms with Crippen molar-refractivity contribution in [1.29, 1.82) is 0 Å². The third-order valence-corrected chi connectivity index (χ3v) is 6.17. The lowest BCUT2D eigenvalue weighted by molar-refractivity contribution is -0.305. The van der Waals surface area contributed by atoms with Gasteiger partial charge in [0, 0.05) is 7.05 Å². The zero-order chi connectivity index (χ0) is 23.2. The number of nitrogens with zero attached hydrogens (tertiary/aromatic N) is 6. The number of hydrogen-bond acceptors (Lipinski definition) is 6. The molecular formula is C16H14F6N6O2S. The molecule has 0 aliphatic heterocycles. The van der Waals surface area contributed by atoms with Gasteiger partial charge < -0.3 is 4.57 Å². The van der Waals surface area contributed by atoms with Gasteiger partial charge in [0.2, 0.25) is 6.17 Å². The van der Waals surface area contributed by atoms with Gasteiger partial charge in [-0.1, -0.05) is 6.92 Å². The zero-order valence-electron chi connectivity index (χ0n) is 15.8. The number of alkyl halides is 6. The van der Waals surface area contributed by atoms with E-state index in [1.807, 2.05) is 0 Å². The first-order valence-corrected chi connectivity index (χ1v) is 10.1. The first kappa shape index (κ1) is 22.7. The summed E-state index contributed by atoms with van der Waals surface area (Å²) in [6.45, 7) is 1.34. The second-order valence-electron chi connectivity index (χ2n) is 6.33. The molecule has 0 saturated heterocycles. The number of imidazole rings is 1. The van der Waals surface area contributed by atoms with E-state index in [4.69, 9.17) is 0 Å². The second-order valence-corrected chi connectivity index (χ2v) is 8.58. The number of sulfone groups is 1. The molecule has 15 heteroatoms. The maximum Gasteiger partial charge on any atom is 0.456 e. The summed E-state index contributed by atoms with van der Waals surface area (Å²) in [5.74, 6) is -6.47. The van der Waals surface area contributed by atoms with Crippen LogP contribution in [0.15, 0.2) is 36.0 Å². The van der Waals surface area contributed by atoms with E-state index in [1.165, 1.54) is 36.5 Å². The maximum absolute atomic E-state index is 14.2. The number of aromatic nitrogens is 6. The summed E-state index contributed by atoms with van der Waals surface area (Å²) in [6, 6.07) is 1.17. The molecule has 0 fully saturated rings. The second kappa shape index (κ2) is 7.62. The Balaban J connectivity index is 2.16. The SMILES string of the molecule is CCS(=O)(=O)c1cc(-n2cncn2)cnc1-c1ncc([C@H](F)C(F)(F)C(F)(F)F)n1C. The number of pyridine rings is 1. The standard InChI is InChI=1S/C16H14F6N6O2S/c1-3-31(29,30)11-4-9(28-8-23-7-26-28)5-24-12(11)14-25-6-10(27(14)2)13(17)15(18,19)16(20,21)22/h4-8,13H,3H2,1-2H3/t13-/m0/s1. The van der Waals surface area contributed by atoms with Crippen molar-refractivity contribution in [3.8, 4) is 17.2 Å². The highest BCUT2D eigenvalue weighted by molar-refractivity contribution is 7.91. The van der Waals surface area contributed by atoms with Crippen molar-refractivity contribution < 1.29 is 34.8 Å². The highest BCUT2D eigenvalue weighted by Crippen LogP contribution is 2.46. The van der Waals surface area contributed by atoms with Gasteiger partial charge in [0.25, 0.3) is 0 Å². The Bertz CT molecular complexity index is 1190. The molecule has 0 aromatic carbocycles. The smallest absolute Gasteiger partial charge is 0.327 e. The van der Waals surface area contributed by atoms with E-state index in [-0.39, 0.29) is 22.0 Å². The molecule has 0 spiro atoms. The summed E-state index contributed by atoms with van der Waals surface area (Å²) >= 11 is 0. The number of halogens is 6. The third-order valence-electron chi connectivity index (χ3n) is 4.43. The topological polar surface area (TPSA) is 95.6 Å². The highest BCUT2D eigenvalue weighted by atomic mass is 32.2. The van der Waals surface area contributed by atoms with E-state index >= 15 is 0 Å². The van der Waals surface area contributed by atoms with Gasteiger partial charge in [-0.3, -0.25) is 0 Å². The van der Waals surface area contributed by atoms with Gasteiger partial charge >= 0.3 is 12.1 Å². The third kappa shape index (κ3) is 3.88. The van der Waals surface area contributed by atoms with Crippen molar-refractivity contribution in [2.75, 3.05) is 5.75 Å². The first-order valence-electron chi connectivity index (χ1n) is 8.49. The van der Waals surface area contributed by atoms with Crippen LogP contribution < -0.4 is 0 Å². The van der Waals surface area contributed by atoms with Crippen LogP contribution in [-0.2, 0) is 16.9 Å². The van der Waals surface area contributed by atoms with Gasteiger partial charge in [-0.2, -0.15) is 27.1 Å². The van der Waals surface area contributed by atoms with Crippen LogP contribution in [0.1, 0.15) is 18.8 Å². The van der Waals surface area contributed by atoms with Crippen molar-refractivity contribution in [1.82, 2.24) is 29.3 Å². The molecule has 0 aliphatic rings. The average Bonchev–Trinajstić information content (AvgIpc) is 3.36. The molecule has 3 heterocycles. The van der Waals surface area contributed by atoms with Crippen LogP contribution in [0.2, 0.25) is 0 Å².